The Labute approximate surface area is 187 Å². The highest BCUT2D eigenvalue weighted by molar-refractivity contribution is 6.05. The number of fused-ring (bicyclic) bond motifs is 1. The number of aliphatic hydroxyl groups excluding tert-OH is 3. The van der Waals surface area contributed by atoms with Crippen molar-refractivity contribution in [3.63, 3.8) is 0 Å². The molecule has 0 saturated carbocycles. The molecule has 5 atom stereocenters. The van der Waals surface area contributed by atoms with Gasteiger partial charge in [0, 0.05) is 19.8 Å². The fourth-order valence-electron chi connectivity index (χ4n) is 3.92. The van der Waals surface area contributed by atoms with Gasteiger partial charge in [0.1, 0.15) is 30.0 Å². The lowest BCUT2D eigenvalue weighted by molar-refractivity contribution is -0.190. The van der Waals surface area contributed by atoms with Crippen molar-refractivity contribution in [2.24, 2.45) is 0 Å². The monoisotopic (exact) mass is 439 g/mol. The van der Waals surface area contributed by atoms with Crippen LogP contribution < -0.4 is 10.2 Å². The van der Waals surface area contributed by atoms with E-state index in [1.54, 1.807) is 13.8 Å². The molecule has 8 nitrogen and oxygen atoms in total. The van der Waals surface area contributed by atoms with Crippen LogP contribution in [-0.4, -0.2) is 72.4 Å². The van der Waals surface area contributed by atoms with Crippen molar-refractivity contribution >= 4 is 27.9 Å². The van der Waals surface area contributed by atoms with Crippen LogP contribution in [0.4, 0.5) is 5.69 Å². The minimum Gasteiger partial charge on any atom is -0.394 e. The molecule has 1 aliphatic rings. The van der Waals surface area contributed by atoms with Gasteiger partial charge in [-0.05, 0) is 54.0 Å². The molecule has 4 N–H and O–H groups in total. The Kier molecular flexibility index (Phi) is 7.16. The summed E-state index contributed by atoms with van der Waals surface area (Å²) >= 11 is 0. The lowest BCUT2D eigenvalue weighted by Gasteiger charge is -2.41. The summed E-state index contributed by atoms with van der Waals surface area (Å²) in [7, 11) is 3.94. The number of carbonyl (C=O) groups excluding carboxylic acids is 1. The van der Waals surface area contributed by atoms with E-state index >= 15 is 0 Å². The average Bonchev–Trinajstić information content (AvgIpc) is 2.78. The van der Waals surface area contributed by atoms with Crippen LogP contribution in [0.5, 0.6) is 0 Å². The molecule has 1 saturated heterocycles. The number of nitrogens with zero attached hydrogens (tertiary/aromatic N) is 2. The van der Waals surface area contributed by atoms with Gasteiger partial charge >= 0.3 is 0 Å². The molecular formula is C24H29N3O5. The molecule has 0 aliphatic carbocycles. The van der Waals surface area contributed by atoms with Gasteiger partial charge in [0.25, 0.3) is 5.91 Å². The quantitative estimate of drug-likeness (QED) is 0.407. The predicted molar refractivity (Wildman–Crippen MR) is 122 cm³/mol. The van der Waals surface area contributed by atoms with Gasteiger partial charge in [0.15, 0.2) is 0 Å². The van der Waals surface area contributed by atoms with Crippen molar-refractivity contribution in [2.45, 2.75) is 44.3 Å². The van der Waals surface area contributed by atoms with Gasteiger partial charge in [-0.1, -0.05) is 18.2 Å². The summed E-state index contributed by atoms with van der Waals surface area (Å²) in [5.74, 6) is -0.665. The molecule has 0 aromatic heterocycles. The number of nitrogens with one attached hydrogen (secondary N) is 1. The van der Waals surface area contributed by atoms with Crippen molar-refractivity contribution in [2.75, 3.05) is 25.6 Å². The number of rotatable bonds is 5. The van der Waals surface area contributed by atoms with E-state index in [9.17, 15) is 25.4 Å². The third kappa shape index (κ3) is 4.61. The van der Waals surface area contributed by atoms with E-state index in [0.29, 0.717) is 5.57 Å². The third-order valence-corrected chi connectivity index (χ3v) is 5.96. The number of aliphatic hydroxyl groups is 3. The van der Waals surface area contributed by atoms with Crippen molar-refractivity contribution in [1.82, 2.24) is 5.32 Å². The number of allylic oxidation sites excluding steroid dienone is 1. The van der Waals surface area contributed by atoms with Crippen LogP contribution in [0.25, 0.3) is 16.3 Å². The lowest BCUT2D eigenvalue weighted by Crippen LogP contribution is -2.63. The first-order valence-corrected chi connectivity index (χ1v) is 10.4. The maximum atomic E-state index is 12.9. The summed E-state index contributed by atoms with van der Waals surface area (Å²) in [5, 5.41) is 44.1. The van der Waals surface area contributed by atoms with E-state index in [1.165, 1.54) is 0 Å². The molecule has 170 valence electrons. The first-order chi connectivity index (χ1) is 15.2. The molecule has 3 rings (SSSR count). The summed E-state index contributed by atoms with van der Waals surface area (Å²) < 4.78 is 5.49. The second-order valence-corrected chi connectivity index (χ2v) is 8.30. The maximum absolute atomic E-state index is 12.9. The molecule has 1 heterocycles. The number of hydrogen-bond acceptors (Lipinski definition) is 7. The largest absolute Gasteiger partial charge is 0.394 e. The van der Waals surface area contributed by atoms with Crippen LogP contribution in [-0.2, 0) is 9.53 Å². The van der Waals surface area contributed by atoms with Crippen molar-refractivity contribution in [1.29, 1.82) is 5.26 Å². The van der Waals surface area contributed by atoms with E-state index in [1.807, 2.05) is 55.4 Å². The number of ether oxygens (including phenoxy) is 1. The number of nitriles is 1. The van der Waals surface area contributed by atoms with Gasteiger partial charge < -0.3 is 30.3 Å². The molecule has 1 aliphatic heterocycles. The summed E-state index contributed by atoms with van der Waals surface area (Å²) in [6.07, 6.45) is -4.30. The minimum atomic E-state index is -1.36. The number of carbonyl (C=O) groups is 1. The molecule has 2 aromatic rings. The highest BCUT2D eigenvalue weighted by Crippen LogP contribution is 2.27. The zero-order valence-corrected chi connectivity index (χ0v) is 18.6. The van der Waals surface area contributed by atoms with Crippen molar-refractivity contribution in [3.8, 4) is 6.07 Å². The van der Waals surface area contributed by atoms with Crippen LogP contribution in [0.3, 0.4) is 0 Å². The fraction of sp³-hybridized carbons (Fsp3) is 0.417. The van der Waals surface area contributed by atoms with E-state index in [2.05, 4.69) is 11.4 Å². The van der Waals surface area contributed by atoms with E-state index < -0.39 is 43.0 Å². The molecule has 32 heavy (non-hydrogen) atoms. The SMILES string of the molecule is C/C(=C(/C#N)C(=O)N[C@H]1C(C)O[C@H](CO)[C@@H](O)[C@@H]1O)c1ccc2cc(N(C)C)ccc2c1. The Balaban J connectivity index is 1.87. The van der Waals surface area contributed by atoms with Crippen LogP contribution in [0.2, 0.25) is 0 Å². The van der Waals surface area contributed by atoms with Crippen LogP contribution >= 0.6 is 0 Å². The van der Waals surface area contributed by atoms with E-state index in [4.69, 9.17) is 4.74 Å². The van der Waals surface area contributed by atoms with Gasteiger partial charge in [-0.25, -0.2) is 0 Å². The summed E-state index contributed by atoms with van der Waals surface area (Å²) in [6, 6.07) is 12.8. The fourth-order valence-corrected chi connectivity index (χ4v) is 3.92. The molecular weight excluding hydrogens is 410 g/mol. The zero-order valence-electron chi connectivity index (χ0n) is 18.6. The van der Waals surface area contributed by atoms with Gasteiger partial charge in [-0.3, -0.25) is 4.79 Å². The topological polar surface area (TPSA) is 126 Å². The van der Waals surface area contributed by atoms with Gasteiger partial charge in [-0.2, -0.15) is 5.26 Å². The first kappa shape index (κ1) is 23.7. The highest BCUT2D eigenvalue weighted by Gasteiger charge is 2.43. The van der Waals surface area contributed by atoms with Crippen molar-refractivity contribution < 1.29 is 24.9 Å². The predicted octanol–water partition coefficient (Wildman–Crippen LogP) is 1.19. The number of benzene rings is 2. The Morgan fingerprint density at radius 3 is 2.44 bits per heavy atom. The average molecular weight is 440 g/mol. The Bertz CT molecular complexity index is 1070. The molecule has 8 heteroatoms. The van der Waals surface area contributed by atoms with Crippen LogP contribution in [0, 0.1) is 11.3 Å². The maximum Gasteiger partial charge on any atom is 0.262 e. The number of amides is 1. The van der Waals surface area contributed by atoms with E-state index in [-0.39, 0.29) is 5.57 Å². The first-order valence-electron chi connectivity index (χ1n) is 10.4. The van der Waals surface area contributed by atoms with Crippen LogP contribution in [0.15, 0.2) is 42.0 Å². The summed E-state index contributed by atoms with van der Waals surface area (Å²) in [5.41, 5.74) is 2.21. The Morgan fingerprint density at radius 2 is 1.81 bits per heavy atom. The van der Waals surface area contributed by atoms with Gasteiger partial charge in [0.2, 0.25) is 0 Å². The van der Waals surface area contributed by atoms with Gasteiger partial charge in [-0.15, -0.1) is 0 Å². The third-order valence-electron chi connectivity index (χ3n) is 5.96. The number of anilines is 1. The number of hydrogen-bond donors (Lipinski definition) is 4. The normalized spacial score (nSPS) is 26.2. The Morgan fingerprint density at radius 1 is 1.16 bits per heavy atom. The molecule has 0 bridgehead atoms. The van der Waals surface area contributed by atoms with Crippen LogP contribution in [0.1, 0.15) is 19.4 Å². The summed E-state index contributed by atoms with van der Waals surface area (Å²) in [4.78, 5) is 14.9. The highest BCUT2D eigenvalue weighted by atomic mass is 16.5. The molecule has 1 unspecified atom stereocenters. The smallest absolute Gasteiger partial charge is 0.262 e. The van der Waals surface area contributed by atoms with E-state index in [0.717, 1.165) is 22.0 Å². The molecule has 0 radical (unpaired) electrons. The molecule has 1 fully saturated rings. The van der Waals surface area contributed by atoms with Gasteiger partial charge in [0.05, 0.1) is 18.8 Å². The molecule has 2 aromatic carbocycles. The molecule has 1 amide bonds. The summed E-state index contributed by atoms with van der Waals surface area (Å²) in [6.45, 7) is 2.86. The zero-order chi connectivity index (χ0) is 23.6. The molecule has 0 spiro atoms. The minimum absolute atomic E-state index is 0.0903. The second-order valence-electron chi connectivity index (χ2n) is 8.30. The lowest BCUT2D eigenvalue weighted by atomic mass is 9.92. The standard InChI is InChI=1S/C24H29N3O5/c1-13(15-5-6-17-10-18(27(3)4)8-7-16(17)9-15)19(11-25)24(31)26-21-14(2)32-20(12-28)22(29)23(21)30/h5-10,14,20-23,28-30H,12H2,1-4H3,(H,26,31)/b19-13+/t14?,20-,21+,22-,23-/m1/s1. The second kappa shape index (κ2) is 9.67. The van der Waals surface area contributed by atoms with Crippen molar-refractivity contribution in [3.05, 3.63) is 47.5 Å². The Hall–Kier alpha value is -2.96.